The summed E-state index contributed by atoms with van der Waals surface area (Å²) in [4.78, 5) is 0. The van der Waals surface area contributed by atoms with E-state index in [1.807, 2.05) is 30.3 Å². The van der Waals surface area contributed by atoms with Crippen molar-refractivity contribution < 1.29 is 5.11 Å². The highest BCUT2D eigenvalue weighted by Crippen LogP contribution is 2.34. The van der Waals surface area contributed by atoms with Gasteiger partial charge in [-0.25, -0.2) is 0 Å². The Hall–Kier alpha value is -1.58. The number of rotatable bonds is 4. The summed E-state index contributed by atoms with van der Waals surface area (Å²) in [6, 6.07) is 9.70. The van der Waals surface area contributed by atoms with Crippen molar-refractivity contribution in [2.75, 3.05) is 0 Å². The molecule has 18 heavy (non-hydrogen) atoms. The van der Waals surface area contributed by atoms with Crippen LogP contribution in [0.3, 0.4) is 0 Å². The normalized spacial score (nSPS) is 12.4. The second-order valence-electron chi connectivity index (χ2n) is 4.08. The third-order valence-electron chi connectivity index (χ3n) is 2.78. The zero-order chi connectivity index (χ0) is 13.1. The Kier molecular flexibility index (Phi) is 3.84. The van der Waals surface area contributed by atoms with Crippen LogP contribution < -0.4 is 0 Å². The third-order valence-corrected chi connectivity index (χ3v) is 3.23. The average molecular weight is 263 g/mol. The minimum Gasteiger partial charge on any atom is -0.388 e. The first-order valence-corrected chi connectivity index (χ1v) is 6.09. The van der Waals surface area contributed by atoms with Crippen molar-refractivity contribution in [1.82, 2.24) is 9.78 Å². The first-order valence-electron chi connectivity index (χ1n) is 5.72. The number of halogens is 1. The molecule has 4 heteroatoms. The van der Waals surface area contributed by atoms with Gasteiger partial charge in [0.1, 0.15) is 5.15 Å². The van der Waals surface area contributed by atoms with E-state index in [0.717, 1.165) is 11.3 Å². The summed E-state index contributed by atoms with van der Waals surface area (Å²) >= 11 is 6.20. The molecule has 0 saturated carbocycles. The van der Waals surface area contributed by atoms with E-state index in [1.165, 1.54) is 0 Å². The minimum absolute atomic E-state index is 0.450. The Morgan fingerprint density at radius 2 is 2.11 bits per heavy atom. The first-order chi connectivity index (χ1) is 8.65. The van der Waals surface area contributed by atoms with Gasteiger partial charge in [-0.15, -0.1) is 6.58 Å². The number of aliphatic hydroxyl groups is 1. The van der Waals surface area contributed by atoms with Gasteiger partial charge in [0.2, 0.25) is 0 Å². The zero-order valence-corrected chi connectivity index (χ0v) is 10.9. The van der Waals surface area contributed by atoms with Crippen molar-refractivity contribution in [2.45, 2.75) is 12.5 Å². The maximum Gasteiger partial charge on any atom is 0.133 e. The smallest absolute Gasteiger partial charge is 0.133 e. The Balaban J connectivity index is 2.54. The van der Waals surface area contributed by atoms with Crippen LogP contribution in [-0.2, 0) is 7.05 Å². The van der Waals surface area contributed by atoms with E-state index in [0.29, 0.717) is 17.1 Å². The summed E-state index contributed by atoms with van der Waals surface area (Å²) in [6.45, 7) is 3.63. The van der Waals surface area contributed by atoms with Crippen LogP contribution >= 0.6 is 11.6 Å². The second kappa shape index (κ2) is 5.38. The lowest BCUT2D eigenvalue weighted by Gasteiger charge is -2.09. The van der Waals surface area contributed by atoms with Gasteiger partial charge >= 0.3 is 0 Å². The number of aliphatic hydroxyl groups excluding tert-OH is 1. The van der Waals surface area contributed by atoms with E-state index in [2.05, 4.69) is 11.7 Å². The highest BCUT2D eigenvalue weighted by molar-refractivity contribution is 6.30. The van der Waals surface area contributed by atoms with Gasteiger partial charge in [-0.2, -0.15) is 5.10 Å². The van der Waals surface area contributed by atoms with Crippen molar-refractivity contribution >= 4 is 11.6 Å². The van der Waals surface area contributed by atoms with Crippen molar-refractivity contribution in [3.8, 4) is 11.3 Å². The summed E-state index contributed by atoms with van der Waals surface area (Å²) in [6.07, 6.45) is 1.44. The molecule has 1 N–H and O–H groups in total. The summed E-state index contributed by atoms with van der Waals surface area (Å²) in [5, 5.41) is 15.0. The van der Waals surface area contributed by atoms with E-state index >= 15 is 0 Å². The third kappa shape index (κ3) is 2.33. The van der Waals surface area contributed by atoms with E-state index in [9.17, 15) is 5.11 Å². The monoisotopic (exact) mass is 262 g/mol. The van der Waals surface area contributed by atoms with Gasteiger partial charge in [0, 0.05) is 18.2 Å². The minimum atomic E-state index is -0.682. The Labute approximate surface area is 111 Å². The highest BCUT2D eigenvalue weighted by atomic mass is 35.5. The van der Waals surface area contributed by atoms with E-state index in [4.69, 9.17) is 11.6 Å². The quantitative estimate of drug-likeness (QED) is 0.858. The maximum absolute atomic E-state index is 10.1. The SMILES string of the molecule is C=CC[C@@H](O)c1c(-c2ccccc2)nn(C)c1Cl. The van der Waals surface area contributed by atoms with Gasteiger partial charge in [0.25, 0.3) is 0 Å². The molecule has 1 atom stereocenters. The summed E-state index contributed by atoms with van der Waals surface area (Å²) in [5.41, 5.74) is 2.32. The lowest BCUT2D eigenvalue weighted by atomic mass is 10.0. The molecule has 2 rings (SSSR count). The topological polar surface area (TPSA) is 38.1 Å². The number of hydrogen-bond acceptors (Lipinski definition) is 2. The van der Waals surface area contributed by atoms with Gasteiger partial charge in [-0.3, -0.25) is 4.68 Å². The fraction of sp³-hybridized carbons (Fsp3) is 0.214. The molecule has 1 aromatic carbocycles. The molecule has 0 unspecified atom stereocenters. The standard InChI is InChI=1S/C14H15ClN2O/c1-3-7-11(18)12-13(16-17(2)14(12)15)10-8-5-4-6-9-10/h3-6,8-9,11,18H,1,7H2,2H3/t11-/m1/s1. The number of benzene rings is 1. The number of nitrogens with zero attached hydrogens (tertiary/aromatic N) is 2. The van der Waals surface area contributed by atoms with Crippen LogP contribution in [0.15, 0.2) is 43.0 Å². The summed E-state index contributed by atoms with van der Waals surface area (Å²) < 4.78 is 1.57. The van der Waals surface area contributed by atoms with Gasteiger partial charge in [0.05, 0.1) is 11.8 Å². The van der Waals surface area contributed by atoms with Gasteiger partial charge in [0.15, 0.2) is 0 Å². The molecule has 1 heterocycles. The number of hydrogen-bond donors (Lipinski definition) is 1. The molecule has 0 radical (unpaired) electrons. The van der Waals surface area contributed by atoms with E-state index < -0.39 is 6.10 Å². The highest BCUT2D eigenvalue weighted by Gasteiger charge is 2.21. The number of aromatic nitrogens is 2. The molecular weight excluding hydrogens is 248 g/mol. The van der Waals surface area contributed by atoms with Crippen LogP contribution in [-0.4, -0.2) is 14.9 Å². The van der Waals surface area contributed by atoms with E-state index in [1.54, 1.807) is 17.8 Å². The van der Waals surface area contributed by atoms with Crippen LogP contribution in [0.1, 0.15) is 18.1 Å². The second-order valence-corrected chi connectivity index (χ2v) is 4.44. The Morgan fingerprint density at radius 3 is 2.72 bits per heavy atom. The molecule has 3 nitrogen and oxygen atoms in total. The van der Waals surface area contributed by atoms with Gasteiger partial charge in [-0.1, -0.05) is 48.0 Å². The van der Waals surface area contributed by atoms with Crippen molar-refractivity contribution in [2.24, 2.45) is 7.05 Å². The van der Waals surface area contributed by atoms with Crippen LogP contribution in [0.2, 0.25) is 5.15 Å². The van der Waals surface area contributed by atoms with Gasteiger partial charge < -0.3 is 5.11 Å². The van der Waals surface area contributed by atoms with Crippen LogP contribution in [0.5, 0.6) is 0 Å². The summed E-state index contributed by atoms with van der Waals surface area (Å²) in [7, 11) is 1.76. The average Bonchev–Trinajstić information content (AvgIpc) is 2.67. The van der Waals surface area contributed by atoms with Crippen LogP contribution in [0.4, 0.5) is 0 Å². The first kappa shape index (κ1) is 12.9. The maximum atomic E-state index is 10.1. The zero-order valence-electron chi connectivity index (χ0n) is 10.2. The predicted molar refractivity (Wildman–Crippen MR) is 73.4 cm³/mol. The predicted octanol–water partition coefficient (Wildman–Crippen LogP) is 3.35. The Bertz CT molecular complexity index is 548. The molecule has 94 valence electrons. The largest absolute Gasteiger partial charge is 0.388 e. The molecule has 0 aliphatic carbocycles. The molecule has 0 fully saturated rings. The Morgan fingerprint density at radius 1 is 1.44 bits per heavy atom. The van der Waals surface area contributed by atoms with E-state index in [-0.39, 0.29) is 0 Å². The fourth-order valence-electron chi connectivity index (χ4n) is 1.90. The molecule has 1 aromatic heterocycles. The lowest BCUT2D eigenvalue weighted by Crippen LogP contribution is -1.97. The van der Waals surface area contributed by atoms with Gasteiger partial charge in [-0.05, 0) is 6.42 Å². The molecule has 0 spiro atoms. The van der Waals surface area contributed by atoms with Crippen LogP contribution in [0, 0.1) is 0 Å². The van der Waals surface area contributed by atoms with Crippen molar-refractivity contribution in [1.29, 1.82) is 0 Å². The molecule has 0 bridgehead atoms. The molecule has 0 aliphatic rings. The number of aryl methyl sites for hydroxylation is 1. The summed E-state index contributed by atoms with van der Waals surface area (Å²) in [5.74, 6) is 0. The molecule has 0 amide bonds. The van der Waals surface area contributed by atoms with Crippen molar-refractivity contribution in [3.63, 3.8) is 0 Å². The van der Waals surface area contributed by atoms with Crippen molar-refractivity contribution in [3.05, 3.63) is 53.7 Å². The molecule has 0 aliphatic heterocycles. The lowest BCUT2D eigenvalue weighted by molar-refractivity contribution is 0.182. The molecule has 0 saturated heterocycles. The van der Waals surface area contributed by atoms with Crippen LogP contribution in [0.25, 0.3) is 11.3 Å². The fourth-order valence-corrected chi connectivity index (χ4v) is 2.15. The molecule has 2 aromatic rings. The molecular formula is C14H15ClN2O.